The Balaban J connectivity index is 1.45. The van der Waals surface area contributed by atoms with Crippen molar-refractivity contribution < 1.29 is 13.9 Å². The van der Waals surface area contributed by atoms with Gasteiger partial charge >= 0.3 is 5.97 Å². The number of carbonyl (C=O) groups is 1. The number of fused-ring (bicyclic) bond motifs is 2. The van der Waals surface area contributed by atoms with Gasteiger partial charge < -0.3 is 4.74 Å². The van der Waals surface area contributed by atoms with Crippen LogP contribution in [0, 0.1) is 23.6 Å². The zero-order chi connectivity index (χ0) is 21.1. The number of hydrogen-bond acceptors (Lipinski definition) is 2. The lowest BCUT2D eigenvalue weighted by Gasteiger charge is -2.42. The van der Waals surface area contributed by atoms with Crippen LogP contribution in [-0.4, -0.2) is 13.1 Å². The Hall–Kier alpha value is -1.90. The molecule has 0 radical (unpaired) electrons. The van der Waals surface area contributed by atoms with Crippen molar-refractivity contribution in [2.24, 2.45) is 17.8 Å². The van der Waals surface area contributed by atoms with Crippen molar-refractivity contribution in [1.82, 2.24) is 0 Å². The van der Waals surface area contributed by atoms with E-state index in [1.165, 1.54) is 58.5 Å². The van der Waals surface area contributed by atoms with Gasteiger partial charge in [-0.25, -0.2) is 9.18 Å². The van der Waals surface area contributed by atoms with Crippen molar-refractivity contribution >= 4 is 16.7 Å². The van der Waals surface area contributed by atoms with E-state index < -0.39 is 0 Å². The van der Waals surface area contributed by atoms with Crippen LogP contribution < -0.4 is 0 Å². The summed E-state index contributed by atoms with van der Waals surface area (Å²) in [7, 11) is 1.37. The van der Waals surface area contributed by atoms with Crippen LogP contribution in [0.15, 0.2) is 30.3 Å². The Kier molecular flexibility index (Phi) is 6.75. The van der Waals surface area contributed by atoms with Gasteiger partial charge in [0.15, 0.2) is 0 Å². The van der Waals surface area contributed by atoms with Gasteiger partial charge in [0.1, 0.15) is 5.82 Å². The van der Waals surface area contributed by atoms with Crippen LogP contribution in [0.2, 0.25) is 0 Å². The fourth-order valence-corrected chi connectivity index (χ4v) is 6.06. The Bertz CT molecular complexity index is 890. The number of methoxy groups -OCH3 is 1. The van der Waals surface area contributed by atoms with E-state index in [9.17, 15) is 4.79 Å². The SMILES string of the molecule is CCCCCC1CC[C@@H]2CC(c3cc4ccc(C(=O)OC)cc4cc3F)CC[C@H]2C1. The molecule has 3 heteroatoms. The summed E-state index contributed by atoms with van der Waals surface area (Å²) in [6.45, 7) is 2.28. The zero-order valence-electron chi connectivity index (χ0n) is 18.5. The molecule has 2 aromatic carbocycles. The predicted octanol–water partition coefficient (Wildman–Crippen LogP) is 7.65. The molecular formula is C27H35FO2. The summed E-state index contributed by atoms with van der Waals surface area (Å²) >= 11 is 0. The van der Waals surface area contributed by atoms with E-state index in [0.29, 0.717) is 11.5 Å². The van der Waals surface area contributed by atoms with Gasteiger partial charge in [-0.3, -0.25) is 0 Å². The van der Waals surface area contributed by atoms with Crippen LogP contribution in [0.3, 0.4) is 0 Å². The largest absolute Gasteiger partial charge is 0.465 e. The second kappa shape index (κ2) is 9.49. The minimum Gasteiger partial charge on any atom is -0.465 e. The van der Waals surface area contributed by atoms with E-state index in [1.54, 1.807) is 18.2 Å². The molecule has 0 spiro atoms. The van der Waals surface area contributed by atoms with Gasteiger partial charge in [0.25, 0.3) is 0 Å². The van der Waals surface area contributed by atoms with Crippen LogP contribution >= 0.6 is 0 Å². The molecule has 162 valence electrons. The minimum atomic E-state index is -0.384. The van der Waals surface area contributed by atoms with E-state index in [2.05, 4.69) is 6.92 Å². The highest BCUT2D eigenvalue weighted by Gasteiger charge is 2.36. The van der Waals surface area contributed by atoms with Gasteiger partial charge in [-0.1, -0.05) is 45.1 Å². The van der Waals surface area contributed by atoms with E-state index in [-0.39, 0.29) is 11.8 Å². The smallest absolute Gasteiger partial charge is 0.337 e. The number of hydrogen-bond donors (Lipinski definition) is 0. The second-order valence-electron chi connectivity index (χ2n) is 9.63. The summed E-state index contributed by atoms with van der Waals surface area (Å²) in [5.74, 6) is 2.37. The van der Waals surface area contributed by atoms with Crippen molar-refractivity contribution in [2.75, 3.05) is 7.11 Å². The summed E-state index contributed by atoms with van der Waals surface area (Å²) in [4.78, 5) is 11.8. The number of halogens is 1. The van der Waals surface area contributed by atoms with Crippen LogP contribution in [-0.2, 0) is 4.74 Å². The lowest BCUT2D eigenvalue weighted by atomic mass is 9.63. The number of esters is 1. The highest BCUT2D eigenvalue weighted by atomic mass is 19.1. The van der Waals surface area contributed by atoms with Crippen molar-refractivity contribution in [1.29, 1.82) is 0 Å². The van der Waals surface area contributed by atoms with Gasteiger partial charge in [0, 0.05) is 0 Å². The molecule has 2 aromatic rings. The molecule has 0 aliphatic heterocycles. The number of benzene rings is 2. The summed E-state index contributed by atoms with van der Waals surface area (Å²) < 4.78 is 19.8. The lowest BCUT2D eigenvalue weighted by molar-refractivity contribution is 0.0601. The molecule has 2 aliphatic rings. The highest BCUT2D eigenvalue weighted by molar-refractivity contribution is 5.95. The van der Waals surface area contributed by atoms with Crippen molar-refractivity contribution in [3.8, 4) is 0 Å². The predicted molar refractivity (Wildman–Crippen MR) is 120 cm³/mol. The summed E-state index contributed by atoms with van der Waals surface area (Å²) in [6.07, 6.45) is 13.1. The molecule has 0 bridgehead atoms. The number of carbonyl (C=O) groups excluding carboxylic acids is 1. The van der Waals surface area contributed by atoms with E-state index in [1.807, 2.05) is 12.1 Å². The second-order valence-corrected chi connectivity index (χ2v) is 9.63. The topological polar surface area (TPSA) is 26.3 Å². The van der Waals surface area contributed by atoms with E-state index >= 15 is 4.39 Å². The number of unbranched alkanes of at least 4 members (excludes halogenated alkanes) is 2. The van der Waals surface area contributed by atoms with Crippen LogP contribution in [0.4, 0.5) is 4.39 Å². The number of rotatable bonds is 6. The highest BCUT2D eigenvalue weighted by Crippen LogP contribution is 2.49. The molecule has 2 nitrogen and oxygen atoms in total. The molecule has 2 unspecified atom stereocenters. The first kappa shape index (κ1) is 21.3. The molecule has 2 fully saturated rings. The molecule has 2 aliphatic carbocycles. The molecule has 30 heavy (non-hydrogen) atoms. The Labute approximate surface area is 180 Å². The van der Waals surface area contributed by atoms with Gasteiger partial charge in [0.05, 0.1) is 12.7 Å². The first-order valence-corrected chi connectivity index (χ1v) is 11.9. The molecule has 0 heterocycles. The van der Waals surface area contributed by atoms with Crippen LogP contribution in [0.1, 0.15) is 93.0 Å². The molecule has 4 atom stereocenters. The Morgan fingerprint density at radius 2 is 1.80 bits per heavy atom. The molecule has 0 saturated heterocycles. The molecule has 2 saturated carbocycles. The normalized spacial score (nSPS) is 26.4. The minimum absolute atomic E-state index is 0.124. The molecule has 0 N–H and O–H groups in total. The van der Waals surface area contributed by atoms with E-state index in [0.717, 1.165) is 46.9 Å². The average Bonchev–Trinajstić information content (AvgIpc) is 2.77. The van der Waals surface area contributed by atoms with Crippen LogP contribution in [0.25, 0.3) is 10.8 Å². The Morgan fingerprint density at radius 1 is 1.00 bits per heavy atom. The van der Waals surface area contributed by atoms with Crippen molar-refractivity contribution in [3.63, 3.8) is 0 Å². The fraction of sp³-hybridized carbons (Fsp3) is 0.593. The summed E-state index contributed by atoms with van der Waals surface area (Å²) in [6, 6.07) is 9.04. The van der Waals surface area contributed by atoms with Crippen molar-refractivity contribution in [3.05, 3.63) is 47.3 Å². The summed E-state index contributed by atoms with van der Waals surface area (Å²) in [5.41, 5.74) is 1.34. The lowest BCUT2D eigenvalue weighted by Crippen LogP contribution is -2.30. The third-order valence-electron chi connectivity index (χ3n) is 7.75. The maximum absolute atomic E-state index is 15.1. The fourth-order valence-electron chi connectivity index (χ4n) is 6.06. The van der Waals surface area contributed by atoms with Crippen LogP contribution in [0.5, 0.6) is 0 Å². The molecule has 0 aromatic heterocycles. The summed E-state index contributed by atoms with van der Waals surface area (Å²) in [5, 5.41) is 1.77. The standard InChI is InChI=1S/C27H35FO2/c1-3-4-5-6-18-7-8-20-14-22(11-9-19(20)13-18)25-16-21-10-12-23(27(29)30-2)15-24(21)17-26(25)28/h10,12,15-20,22H,3-9,11,13-14H2,1-2H3/t18?,19-,20+,22?/m0/s1. The van der Waals surface area contributed by atoms with E-state index in [4.69, 9.17) is 4.74 Å². The van der Waals surface area contributed by atoms with Gasteiger partial charge in [-0.15, -0.1) is 0 Å². The average molecular weight is 411 g/mol. The zero-order valence-corrected chi connectivity index (χ0v) is 18.5. The van der Waals surface area contributed by atoms with Gasteiger partial charge in [0.2, 0.25) is 0 Å². The first-order chi connectivity index (χ1) is 14.6. The molecule has 0 amide bonds. The maximum Gasteiger partial charge on any atom is 0.337 e. The Morgan fingerprint density at radius 3 is 2.60 bits per heavy atom. The quantitative estimate of drug-likeness (QED) is 0.361. The van der Waals surface area contributed by atoms with Gasteiger partial charge in [-0.2, -0.15) is 0 Å². The maximum atomic E-state index is 15.1. The number of ether oxygens (including phenoxy) is 1. The first-order valence-electron chi connectivity index (χ1n) is 11.9. The third-order valence-corrected chi connectivity index (χ3v) is 7.75. The molecule has 4 rings (SSSR count). The van der Waals surface area contributed by atoms with Gasteiger partial charge in [-0.05, 0) is 96.4 Å². The molecular weight excluding hydrogens is 375 g/mol. The third kappa shape index (κ3) is 4.55. The monoisotopic (exact) mass is 410 g/mol. The van der Waals surface area contributed by atoms with Crippen molar-refractivity contribution in [2.45, 2.75) is 77.0 Å².